The zero-order valence-corrected chi connectivity index (χ0v) is 6.48. The van der Waals surface area contributed by atoms with E-state index in [0.29, 0.717) is 0 Å². The number of hydrogen-bond donors (Lipinski definition) is 1. The van der Waals surface area contributed by atoms with Gasteiger partial charge in [-0.25, -0.2) is 0 Å². The largest absolute Gasteiger partial charge is 0.330 e. The van der Waals surface area contributed by atoms with Gasteiger partial charge >= 0.3 is 0 Å². The van der Waals surface area contributed by atoms with Crippen LogP contribution < -0.4 is 5.73 Å². The number of hydrogen-bond acceptors (Lipinski definition) is 1. The van der Waals surface area contributed by atoms with Crippen LogP contribution in [0.5, 0.6) is 0 Å². The van der Waals surface area contributed by atoms with Gasteiger partial charge in [-0.2, -0.15) is 0 Å². The SMILES string of the molecule is CCC/C=C(/C)CCN. The predicted octanol–water partition coefficient (Wildman–Crippen LogP) is 2.08. The fourth-order valence-corrected chi connectivity index (χ4v) is 0.720. The van der Waals surface area contributed by atoms with E-state index < -0.39 is 0 Å². The molecule has 0 aromatic carbocycles. The molecule has 0 rings (SSSR count). The molecule has 0 saturated carbocycles. The van der Waals surface area contributed by atoms with E-state index in [4.69, 9.17) is 5.73 Å². The molecule has 0 aliphatic carbocycles. The molecule has 0 aromatic heterocycles. The van der Waals surface area contributed by atoms with Gasteiger partial charge in [-0.15, -0.1) is 0 Å². The number of rotatable bonds is 4. The van der Waals surface area contributed by atoms with E-state index in [9.17, 15) is 0 Å². The Morgan fingerprint density at radius 2 is 2.22 bits per heavy atom. The van der Waals surface area contributed by atoms with Gasteiger partial charge in [-0.3, -0.25) is 0 Å². The first kappa shape index (κ1) is 8.70. The summed E-state index contributed by atoms with van der Waals surface area (Å²) in [6.45, 7) is 5.11. The summed E-state index contributed by atoms with van der Waals surface area (Å²) in [5.74, 6) is 0. The van der Waals surface area contributed by atoms with Crippen LogP contribution in [-0.4, -0.2) is 6.54 Å². The Balaban J connectivity index is 3.30. The summed E-state index contributed by atoms with van der Waals surface area (Å²) in [6.07, 6.45) is 5.76. The maximum absolute atomic E-state index is 5.36. The average molecular weight is 127 g/mol. The molecule has 0 bridgehead atoms. The van der Waals surface area contributed by atoms with Crippen molar-refractivity contribution in [3.8, 4) is 0 Å². The van der Waals surface area contributed by atoms with E-state index in [1.165, 1.54) is 18.4 Å². The molecule has 0 radical (unpaired) electrons. The molecule has 0 aliphatic rings. The van der Waals surface area contributed by atoms with Gasteiger partial charge in [-0.05, 0) is 26.3 Å². The van der Waals surface area contributed by atoms with Crippen molar-refractivity contribution in [3.63, 3.8) is 0 Å². The zero-order valence-electron chi connectivity index (χ0n) is 6.48. The molecule has 0 fully saturated rings. The second-order valence-electron chi connectivity index (χ2n) is 2.38. The Labute approximate surface area is 57.9 Å². The molecule has 1 heteroatoms. The summed E-state index contributed by atoms with van der Waals surface area (Å²) >= 11 is 0. The van der Waals surface area contributed by atoms with Crippen molar-refractivity contribution in [1.29, 1.82) is 0 Å². The van der Waals surface area contributed by atoms with Crippen molar-refractivity contribution >= 4 is 0 Å². The molecule has 2 N–H and O–H groups in total. The van der Waals surface area contributed by atoms with E-state index >= 15 is 0 Å². The lowest BCUT2D eigenvalue weighted by Crippen LogP contribution is -1.98. The predicted molar refractivity (Wildman–Crippen MR) is 42.3 cm³/mol. The van der Waals surface area contributed by atoms with Crippen molar-refractivity contribution in [2.45, 2.75) is 33.1 Å². The lowest BCUT2D eigenvalue weighted by Gasteiger charge is -1.95. The minimum atomic E-state index is 0.784. The Morgan fingerprint density at radius 3 is 2.67 bits per heavy atom. The van der Waals surface area contributed by atoms with Gasteiger partial charge in [0.2, 0.25) is 0 Å². The molecular weight excluding hydrogens is 110 g/mol. The van der Waals surface area contributed by atoms with Gasteiger partial charge in [0.05, 0.1) is 0 Å². The quantitative estimate of drug-likeness (QED) is 0.575. The highest BCUT2D eigenvalue weighted by molar-refractivity contribution is 4.97. The van der Waals surface area contributed by atoms with E-state index in [2.05, 4.69) is 19.9 Å². The van der Waals surface area contributed by atoms with Crippen LogP contribution in [0.3, 0.4) is 0 Å². The summed E-state index contributed by atoms with van der Waals surface area (Å²) in [5, 5.41) is 0. The van der Waals surface area contributed by atoms with Gasteiger partial charge in [-0.1, -0.05) is 25.0 Å². The standard InChI is InChI=1S/C8H17N/c1-3-4-5-8(2)6-7-9/h5H,3-4,6-7,9H2,1-2H3/b8-5-. The second-order valence-corrected chi connectivity index (χ2v) is 2.38. The van der Waals surface area contributed by atoms with Gasteiger partial charge in [0.1, 0.15) is 0 Å². The molecule has 0 spiro atoms. The normalized spacial score (nSPS) is 12.1. The van der Waals surface area contributed by atoms with Crippen molar-refractivity contribution in [3.05, 3.63) is 11.6 Å². The Bertz CT molecular complexity index is 84.6. The fourth-order valence-electron chi connectivity index (χ4n) is 0.720. The first-order chi connectivity index (χ1) is 4.31. The van der Waals surface area contributed by atoms with Gasteiger partial charge in [0, 0.05) is 0 Å². The molecule has 0 heterocycles. The Kier molecular flexibility index (Phi) is 5.64. The molecular formula is C8H17N. The van der Waals surface area contributed by atoms with E-state index in [0.717, 1.165) is 13.0 Å². The average Bonchev–Trinajstić information content (AvgIpc) is 1.85. The molecule has 0 unspecified atom stereocenters. The summed E-state index contributed by atoms with van der Waals surface area (Å²) < 4.78 is 0. The van der Waals surface area contributed by atoms with E-state index in [-0.39, 0.29) is 0 Å². The minimum absolute atomic E-state index is 0.784. The van der Waals surface area contributed by atoms with Gasteiger partial charge in [0.25, 0.3) is 0 Å². The summed E-state index contributed by atoms with van der Waals surface area (Å²) in [6, 6.07) is 0. The summed E-state index contributed by atoms with van der Waals surface area (Å²) in [7, 11) is 0. The third-order valence-corrected chi connectivity index (χ3v) is 1.32. The zero-order chi connectivity index (χ0) is 7.11. The third kappa shape index (κ3) is 5.57. The topological polar surface area (TPSA) is 26.0 Å². The maximum Gasteiger partial charge on any atom is -0.00401 e. The summed E-state index contributed by atoms with van der Waals surface area (Å²) in [4.78, 5) is 0. The lowest BCUT2D eigenvalue weighted by molar-refractivity contribution is 0.903. The molecule has 0 saturated heterocycles. The molecule has 0 amide bonds. The highest BCUT2D eigenvalue weighted by Gasteiger charge is 1.84. The number of allylic oxidation sites excluding steroid dienone is 1. The van der Waals surface area contributed by atoms with Crippen LogP contribution in [0.2, 0.25) is 0 Å². The number of unbranched alkanes of at least 4 members (excludes halogenated alkanes) is 1. The van der Waals surface area contributed by atoms with Crippen molar-refractivity contribution in [2.75, 3.05) is 6.54 Å². The van der Waals surface area contributed by atoms with Crippen LogP contribution in [0, 0.1) is 0 Å². The van der Waals surface area contributed by atoms with Crippen LogP contribution in [0.25, 0.3) is 0 Å². The molecule has 0 aliphatic heterocycles. The molecule has 1 nitrogen and oxygen atoms in total. The molecule has 0 atom stereocenters. The van der Waals surface area contributed by atoms with Crippen LogP contribution in [0.15, 0.2) is 11.6 Å². The van der Waals surface area contributed by atoms with Crippen molar-refractivity contribution in [1.82, 2.24) is 0 Å². The molecule has 0 aromatic rings. The first-order valence-electron chi connectivity index (χ1n) is 3.67. The van der Waals surface area contributed by atoms with Crippen LogP contribution in [-0.2, 0) is 0 Å². The van der Waals surface area contributed by atoms with Gasteiger partial charge in [0.15, 0.2) is 0 Å². The highest BCUT2D eigenvalue weighted by atomic mass is 14.5. The van der Waals surface area contributed by atoms with Crippen LogP contribution in [0.1, 0.15) is 33.1 Å². The first-order valence-corrected chi connectivity index (χ1v) is 3.67. The van der Waals surface area contributed by atoms with Crippen molar-refractivity contribution in [2.24, 2.45) is 5.73 Å². The fraction of sp³-hybridized carbons (Fsp3) is 0.750. The monoisotopic (exact) mass is 127 g/mol. The van der Waals surface area contributed by atoms with Crippen LogP contribution in [0.4, 0.5) is 0 Å². The highest BCUT2D eigenvalue weighted by Crippen LogP contribution is 2.00. The Hall–Kier alpha value is -0.300. The smallest absolute Gasteiger partial charge is 0.00401 e. The summed E-state index contributed by atoms with van der Waals surface area (Å²) in [5.41, 5.74) is 6.79. The number of nitrogens with two attached hydrogens (primary N) is 1. The lowest BCUT2D eigenvalue weighted by atomic mass is 10.1. The Morgan fingerprint density at radius 1 is 1.56 bits per heavy atom. The van der Waals surface area contributed by atoms with Crippen molar-refractivity contribution < 1.29 is 0 Å². The van der Waals surface area contributed by atoms with E-state index in [1.54, 1.807) is 0 Å². The second kappa shape index (κ2) is 5.83. The van der Waals surface area contributed by atoms with Crippen LogP contribution >= 0.6 is 0 Å². The van der Waals surface area contributed by atoms with Gasteiger partial charge < -0.3 is 5.73 Å². The maximum atomic E-state index is 5.36. The third-order valence-electron chi connectivity index (χ3n) is 1.32. The van der Waals surface area contributed by atoms with E-state index in [1.807, 2.05) is 0 Å². The minimum Gasteiger partial charge on any atom is -0.330 e. The molecule has 54 valence electrons. The molecule has 9 heavy (non-hydrogen) atoms.